The smallest absolute Gasteiger partial charge is 0.243 e. The van der Waals surface area contributed by atoms with Crippen molar-refractivity contribution in [3.8, 4) is 0 Å². The van der Waals surface area contributed by atoms with E-state index in [4.69, 9.17) is 0 Å². The summed E-state index contributed by atoms with van der Waals surface area (Å²) in [5.74, 6) is -0.679. The van der Waals surface area contributed by atoms with E-state index in [9.17, 15) is 14.4 Å². The Hall–Kier alpha value is -2.95. The number of amides is 2. The summed E-state index contributed by atoms with van der Waals surface area (Å²) in [4.78, 5) is 36.4. The zero-order chi connectivity index (χ0) is 20.8. The van der Waals surface area contributed by atoms with Crippen molar-refractivity contribution in [1.82, 2.24) is 5.32 Å². The normalized spacial score (nSPS) is 10.5. The Morgan fingerprint density at radius 1 is 0.750 bits per heavy atom. The van der Waals surface area contributed by atoms with E-state index in [1.165, 1.54) is 0 Å². The van der Waals surface area contributed by atoms with E-state index in [1.807, 2.05) is 58.9 Å². The van der Waals surface area contributed by atoms with Gasteiger partial charge in [0.15, 0.2) is 5.78 Å². The van der Waals surface area contributed by atoms with Crippen LogP contribution in [0.4, 0.5) is 5.69 Å². The minimum absolute atomic E-state index is 0.0572. The molecule has 0 bridgehead atoms. The molecule has 2 amide bonds. The van der Waals surface area contributed by atoms with Crippen LogP contribution in [0.1, 0.15) is 51.0 Å². The monoisotopic (exact) mass is 380 g/mol. The van der Waals surface area contributed by atoms with E-state index in [1.54, 1.807) is 6.07 Å². The van der Waals surface area contributed by atoms with Crippen LogP contribution >= 0.6 is 0 Å². The molecule has 2 aromatic rings. The van der Waals surface area contributed by atoms with Crippen LogP contribution in [-0.4, -0.2) is 24.1 Å². The van der Waals surface area contributed by atoms with Crippen molar-refractivity contribution >= 4 is 23.3 Å². The van der Waals surface area contributed by atoms with Gasteiger partial charge in [0.1, 0.15) is 0 Å². The van der Waals surface area contributed by atoms with Crippen molar-refractivity contribution in [2.45, 2.75) is 47.5 Å². The van der Waals surface area contributed by atoms with Crippen LogP contribution in [0.15, 0.2) is 30.3 Å². The molecule has 0 aliphatic heterocycles. The Labute approximate surface area is 166 Å². The highest BCUT2D eigenvalue weighted by atomic mass is 16.2. The number of anilines is 1. The largest absolute Gasteiger partial charge is 0.347 e. The van der Waals surface area contributed by atoms with Crippen molar-refractivity contribution in [2.75, 3.05) is 11.9 Å². The van der Waals surface area contributed by atoms with Gasteiger partial charge < -0.3 is 10.6 Å². The maximum atomic E-state index is 12.2. The molecule has 2 N–H and O–H groups in total. The van der Waals surface area contributed by atoms with Gasteiger partial charge in [-0.3, -0.25) is 14.4 Å². The van der Waals surface area contributed by atoms with E-state index >= 15 is 0 Å². The highest BCUT2D eigenvalue weighted by Crippen LogP contribution is 2.21. The SMILES string of the molecule is Cc1cc(C)c(NC(=O)CNC(=O)CCC(=O)c2ccc(C)c(C)c2)c(C)c1. The number of Topliss-reactive ketones (excluding diaryl/α,β-unsaturated/α-hetero) is 1. The zero-order valence-electron chi connectivity index (χ0n) is 17.2. The Morgan fingerprint density at radius 3 is 2.00 bits per heavy atom. The predicted octanol–water partition coefficient (Wildman–Crippen LogP) is 3.95. The van der Waals surface area contributed by atoms with Crippen LogP contribution in [-0.2, 0) is 9.59 Å². The maximum absolute atomic E-state index is 12.2. The average Bonchev–Trinajstić information content (AvgIpc) is 2.63. The number of hydrogen-bond donors (Lipinski definition) is 2. The van der Waals surface area contributed by atoms with Gasteiger partial charge in [0.25, 0.3) is 0 Å². The lowest BCUT2D eigenvalue weighted by Crippen LogP contribution is -2.33. The summed E-state index contributed by atoms with van der Waals surface area (Å²) in [6.45, 7) is 9.70. The van der Waals surface area contributed by atoms with Crippen LogP contribution in [0, 0.1) is 34.6 Å². The molecule has 0 unspecified atom stereocenters. The van der Waals surface area contributed by atoms with Gasteiger partial charge in [0, 0.05) is 24.1 Å². The van der Waals surface area contributed by atoms with Crippen LogP contribution in [0.2, 0.25) is 0 Å². The molecule has 0 radical (unpaired) electrons. The summed E-state index contributed by atoms with van der Waals surface area (Å²) >= 11 is 0. The molecule has 0 fully saturated rings. The highest BCUT2D eigenvalue weighted by molar-refractivity contribution is 5.99. The number of hydrogen-bond acceptors (Lipinski definition) is 3. The van der Waals surface area contributed by atoms with Crippen LogP contribution in [0.3, 0.4) is 0 Å². The van der Waals surface area contributed by atoms with Gasteiger partial charge in [-0.1, -0.05) is 29.8 Å². The fourth-order valence-corrected chi connectivity index (χ4v) is 3.11. The first-order valence-electron chi connectivity index (χ1n) is 9.42. The molecule has 28 heavy (non-hydrogen) atoms. The lowest BCUT2D eigenvalue weighted by atomic mass is 10.0. The second kappa shape index (κ2) is 9.31. The number of carbonyl (C=O) groups is 3. The molecule has 0 aromatic heterocycles. The van der Waals surface area contributed by atoms with E-state index in [0.717, 1.165) is 33.5 Å². The molecule has 0 atom stereocenters. The molecule has 0 aliphatic rings. The Morgan fingerprint density at radius 2 is 1.39 bits per heavy atom. The van der Waals surface area contributed by atoms with Crippen LogP contribution in [0.25, 0.3) is 0 Å². The molecule has 0 saturated heterocycles. The quantitative estimate of drug-likeness (QED) is 0.714. The van der Waals surface area contributed by atoms with Gasteiger partial charge in [-0.15, -0.1) is 0 Å². The van der Waals surface area contributed by atoms with Gasteiger partial charge in [-0.2, -0.15) is 0 Å². The molecule has 0 saturated carbocycles. The summed E-state index contributed by atoms with van der Waals surface area (Å²) in [6, 6.07) is 9.53. The Bertz CT molecular complexity index is 893. The van der Waals surface area contributed by atoms with Crippen LogP contribution < -0.4 is 10.6 Å². The van der Waals surface area contributed by atoms with Crippen molar-refractivity contribution in [2.24, 2.45) is 0 Å². The topological polar surface area (TPSA) is 75.3 Å². The average molecular weight is 380 g/mol. The van der Waals surface area contributed by atoms with Crippen molar-refractivity contribution < 1.29 is 14.4 Å². The molecular formula is C23H28N2O3. The van der Waals surface area contributed by atoms with E-state index in [-0.39, 0.29) is 37.0 Å². The van der Waals surface area contributed by atoms with Crippen molar-refractivity contribution in [3.63, 3.8) is 0 Å². The summed E-state index contributed by atoms with van der Waals surface area (Å²) < 4.78 is 0. The van der Waals surface area contributed by atoms with Gasteiger partial charge in [0.2, 0.25) is 11.8 Å². The highest BCUT2D eigenvalue weighted by Gasteiger charge is 2.12. The molecule has 2 rings (SSSR count). The van der Waals surface area contributed by atoms with Gasteiger partial charge in [-0.05, 0) is 62.9 Å². The summed E-state index contributed by atoms with van der Waals surface area (Å²) in [5.41, 5.74) is 6.66. The maximum Gasteiger partial charge on any atom is 0.243 e. The van der Waals surface area contributed by atoms with Gasteiger partial charge in [-0.25, -0.2) is 0 Å². The summed E-state index contributed by atoms with van der Waals surface area (Å²) in [6.07, 6.45) is 0.174. The Kier molecular flexibility index (Phi) is 7.10. The number of benzene rings is 2. The summed E-state index contributed by atoms with van der Waals surface area (Å²) in [5, 5.41) is 5.42. The number of ketones is 1. The third kappa shape index (κ3) is 5.78. The molecule has 5 nitrogen and oxygen atoms in total. The fraction of sp³-hybridized carbons (Fsp3) is 0.348. The number of aryl methyl sites for hydroxylation is 5. The van der Waals surface area contributed by atoms with Crippen molar-refractivity contribution in [3.05, 3.63) is 63.7 Å². The molecular weight excluding hydrogens is 352 g/mol. The third-order valence-electron chi connectivity index (χ3n) is 4.80. The second-order valence-corrected chi connectivity index (χ2v) is 7.32. The lowest BCUT2D eigenvalue weighted by Gasteiger charge is -2.13. The number of carbonyl (C=O) groups excluding carboxylic acids is 3. The van der Waals surface area contributed by atoms with E-state index < -0.39 is 0 Å². The van der Waals surface area contributed by atoms with Gasteiger partial charge >= 0.3 is 0 Å². The van der Waals surface area contributed by atoms with E-state index in [2.05, 4.69) is 10.6 Å². The van der Waals surface area contributed by atoms with E-state index in [0.29, 0.717) is 5.56 Å². The lowest BCUT2D eigenvalue weighted by molar-refractivity contribution is -0.124. The first kappa shape index (κ1) is 21.4. The van der Waals surface area contributed by atoms with Crippen LogP contribution in [0.5, 0.6) is 0 Å². The molecule has 5 heteroatoms. The first-order valence-corrected chi connectivity index (χ1v) is 9.42. The standard InChI is InChI=1S/C23H28N2O3/c1-14-10-17(4)23(18(5)11-14)25-22(28)13-24-21(27)9-8-20(26)19-7-6-15(2)16(3)12-19/h6-7,10-12H,8-9,13H2,1-5H3,(H,24,27)(H,25,28). The van der Waals surface area contributed by atoms with Gasteiger partial charge in [0.05, 0.1) is 6.54 Å². The predicted molar refractivity (Wildman–Crippen MR) is 112 cm³/mol. The molecule has 0 spiro atoms. The summed E-state index contributed by atoms with van der Waals surface area (Å²) in [7, 11) is 0. The second-order valence-electron chi connectivity index (χ2n) is 7.32. The third-order valence-corrected chi connectivity index (χ3v) is 4.80. The Balaban J connectivity index is 1.81. The minimum Gasteiger partial charge on any atom is -0.347 e. The molecule has 0 heterocycles. The van der Waals surface area contributed by atoms with Crippen molar-refractivity contribution in [1.29, 1.82) is 0 Å². The zero-order valence-corrected chi connectivity index (χ0v) is 17.2. The molecule has 148 valence electrons. The molecule has 0 aliphatic carbocycles. The fourth-order valence-electron chi connectivity index (χ4n) is 3.11. The number of rotatable bonds is 7. The number of nitrogens with one attached hydrogen (secondary N) is 2. The minimum atomic E-state index is -0.315. The molecule has 2 aromatic carbocycles. The first-order chi connectivity index (χ1) is 13.2.